The van der Waals surface area contributed by atoms with Crippen molar-refractivity contribution in [2.24, 2.45) is 0 Å². The minimum absolute atomic E-state index is 0.0384. The summed E-state index contributed by atoms with van der Waals surface area (Å²) in [6.45, 7) is 1.19. The van der Waals surface area contributed by atoms with E-state index in [1.807, 2.05) is 30.3 Å². The second-order valence-corrected chi connectivity index (χ2v) is 6.41. The van der Waals surface area contributed by atoms with Gasteiger partial charge in [0.15, 0.2) is 5.76 Å². The average molecular weight is 349 g/mol. The molecule has 3 heterocycles. The number of nitrogens with zero attached hydrogens (tertiary/aromatic N) is 2. The van der Waals surface area contributed by atoms with Crippen LogP contribution in [0.4, 0.5) is 0 Å². The Hall–Kier alpha value is -3.15. The van der Waals surface area contributed by atoms with Crippen molar-refractivity contribution in [2.75, 3.05) is 13.1 Å². The summed E-state index contributed by atoms with van der Waals surface area (Å²) in [5, 5.41) is 4.04. The largest absolute Gasteiger partial charge is 0.459 e. The molecule has 2 amide bonds. The fourth-order valence-corrected chi connectivity index (χ4v) is 3.23. The number of aromatic nitrogens is 1. The molecule has 1 N–H and O–H groups in total. The number of benzene rings is 1. The first kappa shape index (κ1) is 16.3. The average Bonchev–Trinajstić information content (AvgIpc) is 3.22. The molecule has 0 saturated carbocycles. The van der Waals surface area contributed by atoms with Crippen molar-refractivity contribution in [1.82, 2.24) is 15.2 Å². The molecular weight excluding hydrogens is 330 g/mol. The number of hydrogen-bond donors (Lipinski definition) is 1. The van der Waals surface area contributed by atoms with Crippen LogP contribution in [0.2, 0.25) is 0 Å². The highest BCUT2D eigenvalue weighted by molar-refractivity contribution is 5.95. The molecule has 0 aliphatic carbocycles. The van der Waals surface area contributed by atoms with Gasteiger partial charge >= 0.3 is 0 Å². The summed E-state index contributed by atoms with van der Waals surface area (Å²) >= 11 is 0. The van der Waals surface area contributed by atoms with Crippen LogP contribution in [-0.4, -0.2) is 40.8 Å². The van der Waals surface area contributed by atoms with Crippen molar-refractivity contribution >= 4 is 22.7 Å². The third kappa shape index (κ3) is 3.31. The summed E-state index contributed by atoms with van der Waals surface area (Å²) in [4.78, 5) is 30.9. The Morgan fingerprint density at radius 2 is 1.85 bits per heavy atom. The van der Waals surface area contributed by atoms with Gasteiger partial charge in [0.2, 0.25) is 0 Å². The molecular formula is C20H19N3O3. The van der Waals surface area contributed by atoms with Crippen molar-refractivity contribution in [3.8, 4) is 0 Å². The standard InChI is InChI=1S/C20H19N3O3/c24-19(17-8-7-14-4-1-2-5-16(14)22-17)21-15-9-11-23(12-10-15)20(25)18-6-3-13-26-18/h1-8,13,15H,9-12H2,(H,21,24). The van der Waals surface area contributed by atoms with E-state index in [9.17, 15) is 9.59 Å². The molecule has 1 fully saturated rings. The van der Waals surface area contributed by atoms with Gasteiger partial charge in [0.05, 0.1) is 11.8 Å². The second-order valence-electron chi connectivity index (χ2n) is 6.41. The number of amides is 2. The lowest BCUT2D eigenvalue weighted by molar-refractivity contribution is 0.0667. The van der Waals surface area contributed by atoms with E-state index in [2.05, 4.69) is 10.3 Å². The molecule has 0 spiro atoms. The third-order valence-corrected chi connectivity index (χ3v) is 4.68. The van der Waals surface area contributed by atoms with Crippen molar-refractivity contribution in [2.45, 2.75) is 18.9 Å². The molecule has 3 aromatic rings. The summed E-state index contributed by atoms with van der Waals surface area (Å²) in [5.74, 6) is 0.0791. The van der Waals surface area contributed by atoms with Crippen LogP contribution in [0.15, 0.2) is 59.2 Å². The fraction of sp³-hybridized carbons (Fsp3) is 0.250. The first-order chi connectivity index (χ1) is 12.7. The lowest BCUT2D eigenvalue weighted by Gasteiger charge is -2.31. The molecule has 1 aliphatic rings. The molecule has 0 unspecified atom stereocenters. The summed E-state index contributed by atoms with van der Waals surface area (Å²) in [5.41, 5.74) is 1.22. The number of hydrogen-bond acceptors (Lipinski definition) is 4. The normalized spacial score (nSPS) is 15.2. The van der Waals surface area contributed by atoms with Crippen LogP contribution >= 0.6 is 0 Å². The number of para-hydroxylation sites is 1. The van der Waals surface area contributed by atoms with Gasteiger partial charge in [-0.3, -0.25) is 9.59 Å². The van der Waals surface area contributed by atoms with Gasteiger partial charge < -0.3 is 14.6 Å². The van der Waals surface area contributed by atoms with E-state index in [1.54, 1.807) is 23.1 Å². The molecule has 6 nitrogen and oxygen atoms in total. The minimum Gasteiger partial charge on any atom is -0.459 e. The first-order valence-electron chi connectivity index (χ1n) is 8.70. The summed E-state index contributed by atoms with van der Waals surface area (Å²) in [7, 11) is 0. The maximum atomic E-state index is 12.5. The van der Waals surface area contributed by atoms with Gasteiger partial charge in [-0.2, -0.15) is 0 Å². The van der Waals surface area contributed by atoms with E-state index < -0.39 is 0 Å². The number of fused-ring (bicyclic) bond motifs is 1. The van der Waals surface area contributed by atoms with E-state index in [-0.39, 0.29) is 17.9 Å². The molecule has 26 heavy (non-hydrogen) atoms. The highest BCUT2D eigenvalue weighted by atomic mass is 16.3. The number of carbonyl (C=O) groups is 2. The molecule has 4 rings (SSSR count). The Morgan fingerprint density at radius 1 is 1.04 bits per heavy atom. The molecule has 6 heteroatoms. The third-order valence-electron chi connectivity index (χ3n) is 4.68. The maximum absolute atomic E-state index is 12.5. The monoisotopic (exact) mass is 349 g/mol. The highest BCUT2D eigenvalue weighted by Crippen LogP contribution is 2.16. The lowest BCUT2D eigenvalue weighted by atomic mass is 10.0. The van der Waals surface area contributed by atoms with Gasteiger partial charge in [0.25, 0.3) is 11.8 Å². The zero-order valence-corrected chi connectivity index (χ0v) is 14.2. The first-order valence-corrected chi connectivity index (χ1v) is 8.70. The van der Waals surface area contributed by atoms with Crippen LogP contribution in [0.3, 0.4) is 0 Å². The molecule has 1 aromatic carbocycles. The van der Waals surface area contributed by atoms with Crippen molar-refractivity contribution < 1.29 is 14.0 Å². The Bertz CT molecular complexity index is 928. The topological polar surface area (TPSA) is 75.4 Å². The van der Waals surface area contributed by atoms with E-state index in [1.165, 1.54) is 6.26 Å². The van der Waals surface area contributed by atoms with E-state index >= 15 is 0 Å². The van der Waals surface area contributed by atoms with Crippen LogP contribution < -0.4 is 5.32 Å². The van der Waals surface area contributed by atoms with Crippen LogP contribution in [0, 0.1) is 0 Å². The molecule has 1 saturated heterocycles. The van der Waals surface area contributed by atoms with Crippen molar-refractivity contribution in [3.63, 3.8) is 0 Å². The minimum atomic E-state index is -0.174. The molecule has 1 aliphatic heterocycles. The molecule has 0 atom stereocenters. The second kappa shape index (κ2) is 7.00. The summed E-state index contributed by atoms with van der Waals surface area (Å²) < 4.78 is 5.16. The molecule has 132 valence electrons. The number of nitrogens with one attached hydrogen (secondary N) is 1. The van der Waals surface area contributed by atoms with E-state index in [0.717, 1.165) is 10.9 Å². The van der Waals surface area contributed by atoms with E-state index in [0.29, 0.717) is 37.4 Å². The van der Waals surface area contributed by atoms with Gasteiger partial charge in [0.1, 0.15) is 5.69 Å². The van der Waals surface area contributed by atoms with Crippen LogP contribution in [0.5, 0.6) is 0 Å². The Balaban J connectivity index is 1.36. The highest BCUT2D eigenvalue weighted by Gasteiger charge is 2.26. The quantitative estimate of drug-likeness (QED) is 0.789. The molecule has 0 radical (unpaired) electrons. The number of piperidine rings is 1. The van der Waals surface area contributed by atoms with Gasteiger partial charge in [-0.15, -0.1) is 0 Å². The zero-order valence-electron chi connectivity index (χ0n) is 14.2. The van der Waals surface area contributed by atoms with Crippen LogP contribution in [0.25, 0.3) is 10.9 Å². The van der Waals surface area contributed by atoms with Gasteiger partial charge in [-0.25, -0.2) is 4.98 Å². The van der Waals surface area contributed by atoms with Gasteiger partial charge in [-0.1, -0.05) is 24.3 Å². The van der Waals surface area contributed by atoms with Crippen molar-refractivity contribution in [3.05, 3.63) is 66.2 Å². The molecule has 2 aromatic heterocycles. The van der Waals surface area contributed by atoms with Gasteiger partial charge in [-0.05, 0) is 37.1 Å². The summed E-state index contributed by atoms with van der Waals surface area (Å²) in [6.07, 6.45) is 2.92. The SMILES string of the molecule is O=C(NC1CCN(C(=O)c2ccco2)CC1)c1ccc2ccccc2n1. The van der Waals surface area contributed by atoms with Crippen molar-refractivity contribution in [1.29, 1.82) is 0 Å². The summed E-state index contributed by atoms with van der Waals surface area (Å²) in [6, 6.07) is 14.8. The number of furan rings is 1. The molecule has 0 bridgehead atoms. The Morgan fingerprint density at radius 3 is 2.62 bits per heavy atom. The maximum Gasteiger partial charge on any atom is 0.289 e. The van der Waals surface area contributed by atoms with Crippen LogP contribution in [-0.2, 0) is 0 Å². The number of carbonyl (C=O) groups excluding carboxylic acids is 2. The van der Waals surface area contributed by atoms with Gasteiger partial charge in [0, 0.05) is 24.5 Å². The number of likely N-dealkylation sites (tertiary alicyclic amines) is 1. The predicted molar refractivity (Wildman–Crippen MR) is 96.8 cm³/mol. The Kier molecular flexibility index (Phi) is 4.39. The Labute approximate surface area is 150 Å². The lowest BCUT2D eigenvalue weighted by Crippen LogP contribution is -2.46. The fourth-order valence-electron chi connectivity index (χ4n) is 3.23. The number of pyridine rings is 1. The van der Waals surface area contributed by atoms with E-state index in [4.69, 9.17) is 4.42 Å². The number of rotatable bonds is 3. The smallest absolute Gasteiger partial charge is 0.289 e. The predicted octanol–water partition coefficient (Wildman–Crippen LogP) is 2.86. The van der Waals surface area contributed by atoms with Crippen LogP contribution in [0.1, 0.15) is 33.9 Å². The zero-order chi connectivity index (χ0) is 17.9.